The standard InChI is InChI=1S/C6H6N4O6/c11-7-3-1-4-6(10(14)16-8(4)12)2-5(3)9(13)15-7/h1,3,5-6H,2H2/q-4. The normalized spacial score (nSPS) is 41.1. The zero-order valence-corrected chi connectivity index (χ0v) is 7.75. The molecular formula is C6H6N4O6-4. The summed E-state index contributed by atoms with van der Waals surface area (Å²) >= 11 is 0. The van der Waals surface area contributed by atoms with Crippen LogP contribution in [-0.2, 0) is 9.88 Å². The van der Waals surface area contributed by atoms with E-state index in [9.17, 15) is 20.8 Å². The predicted molar refractivity (Wildman–Crippen MR) is 47.1 cm³/mol. The van der Waals surface area contributed by atoms with E-state index in [4.69, 9.17) is 0 Å². The lowest BCUT2D eigenvalue weighted by Gasteiger charge is -2.36. The Morgan fingerprint density at radius 3 is 2.56 bits per heavy atom. The molecule has 2 heterocycles. The van der Waals surface area contributed by atoms with E-state index < -0.39 is 18.1 Å². The first-order valence-corrected chi connectivity index (χ1v) is 4.52. The van der Waals surface area contributed by atoms with Crippen LogP contribution < -0.4 is 0 Å². The molecule has 10 heteroatoms. The molecule has 1 aliphatic carbocycles. The van der Waals surface area contributed by atoms with E-state index in [1.165, 1.54) is 6.08 Å². The van der Waals surface area contributed by atoms with Crippen molar-refractivity contribution in [2.75, 3.05) is 0 Å². The maximum atomic E-state index is 11.2. The molecule has 0 amide bonds. The summed E-state index contributed by atoms with van der Waals surface area (Å²) in [6.45, 7) is 0. The van der Waals surface area contributed by atoms with Crippen LogP contribution in [0.5, 0.6) is 0 Å². The molecule has 0 saturated carbocycles. The number of hydrogen-bond acceptors (Lipinski definition) is 10. The molecule has 0 aromatic carbocycles. The lowest BCUT2D eigenvalue weighted by molar-refractivity contribution is -0.238. The Balaban J connectivity index is 1.93. The number of hydroxylamine groups is 8. The Bertz CT molecular complexity index is 339. The second kappa shape index (κ2) is 3.33. The highest BCUT2D eigenvalue weighted by Crippen LogP contribution is 2.38. The van der Waals surface area contributed by atoms with Crippen LogP contribution >= 0.6 is 0 Å². The van der Waals surface area contributed by atoms with Crippen molar-refractivity contribution in [1.82, 2.24) is 20.9 Å². The maximum Gasteiger partial charge on any atom is 0.0670 e. The second-order valence-electron chi connectivity index (χ2n) is 3.68. The van der Waals surface area contributed by atoms with Gasteiger partial charge in [0.25, 0.3) is 0 Å². The van der Waals surface area contributed by atoms with Gasteiger partial charge in [-0.1, -0.05) is 0 Å². The fourth-order valence-electron chi connectivity index (χ4n) is 2.05. The van der Waals surface area contributed by atoms with Crippen molar-refractivity contribution in [3.8, 4) is 0 Å². The molecule has 2 saturated heterocycles. The van der Waals surface area contributed by atoms with Crippen molar-refractivity contribution in [1.29, 1.82) is 0 Å². The quantitative estimate of drug-likeness (QED) is 0.527. The molecule has 0 N–H and O–H groups in total. The third-order valence-electron chi connectivity index (χ3n) is 2.84. The van der Waals surface area contributed by atoms with Crippen LogP contribution in [0.4, 0.5) is 0 Å². The monoisotopic (exact) mass is 230 g/mol. The van der Waals surface area contributed by atoms with Crippen molar-refractivity contribution in [2.24, 2.45) is 0 Å². The SMILES string of the molecule is [O-]N1ON([O-])C2CC3C(C=C21)N([O-])ON3[O-]. The zero-order chi connectivity index (χ0) is 11.4. The van der Waals surface area contributed by atoms with Crippen molar-refractivity contribution in [3.63, 3.8) is 0 Å². The molecular weight excluding hydrogens is 224 g/mol. The fraction of sp³-hybridized carbons (Fsp3) is 0.667. The van der Waals surface area contributed by atoms with Crippen molar-refractivity contribution < 1.29 is 9.88 Å². The molecule has 3 rings (SSSR count). The number of fused-ring (bicyclic) bond motifs is 2. The van der Waals surface area contributed by atoms with E-state index in [0.29, 0.717) is 0 Å². The molecule has 0 aromatic heterocycles. The fourth-order valence-corrected chi connectivity index (χ4v) is 2.05. The molecule has 3 unspecified atom stereocenters. The molecule has 0 bridgehead atoms. The summed E-state index contributed by atoms with van der Waals surface area (Å²) in [7, 11) is 0. The molecule has 16 heavy (non-hydrogen) atoms. The first-order chi connectivity index (χ1) is 7.58. The van der Waals surface area contributed by atoms with Gasteiger partial charge in [-0.25, -0.2) is 25.6 Å². The van der Waals surface area contributed by atoms with Gasteiger partial charge < -0.3 is 26.1 Å². The predicted octanol–water partition coefficient (Wildman–Crippen LogP) is -0.701. The minimum atomic E-state index is -0.893. The Morgan fingerprint density at radius 2 is 1.81 bits per heavy atom. The summed E-state index contributed by atoms with van der Waals surface area (Å²) in [4.78, 5) is 8.52. The van der Waals surface area contributed by atoms with Crippen molar-refractivity contribution in [3.05, 3.63) is 32.6 Å². The van der Waals surface area contributed by atoms with E-state index in [0.717, 1.165) is 0 Å². The molecule has 90 valence electrons. The van der Waals surface area contributed by atoms with Gasteiger partial charge in [-0.05, 0) is 12.5 Å². The topological polar surface area (TPSA) is 124 Å². The van der Waals surface area contributed by atoms with Gasteiger partial charge in [0.15, 0.2) is 0 Å². The Hall–Kier alpha value is -0.820. The maximum absolute atomic E-state index is 11.2. The molecule has 0 aromatic rings. The Morgan fingerprint density at radius 1 is 1.06 bits per heavy atom. The van der Waals surface area contributed by atoms with Gasteiger partial charge in [0.1, 0.15) is 0 Å². The van der Waals surface area contributed by atoms with Crippen LogP contribution in [0.3, 0.4) is 0 Å². The molecule has 0 spiro atoms. The van der Waals surface area contributed by atoms with Crippen molar-refractivity contribution in [2.45, 2.75) is 24.5 Å². The summed E-state index contributed by atoms with van der Waals surface area (Å²) < 4.78 is 0. The largest absolute Gasteiger partial charge is 0.760 e. The van der Waals surface area contributed by atoms with Crippen LogP contribution in [0, 0.1) is 20.8 Å². The van der Waals surface area contributed by atoms with E-state index in [1.807, 2.05) is 0 Å². The lowest BCUT2D eigenvalue weighted by atomic mass is 9.92. The first-order valence-electron chi connectivity index (χ1n) is 4.52. The molecule has 3 atom stereocenters. The summed E-state index contributed by atoms with van der Waals surface area (Å²) in [5.41, 5.74) is 0.0241. The van der Waals surface area contributed by atoms with E-state index in [1.54, 1.807) is 0 Å². The van der Waals surface area contributed by atoms with E-state index >= 15 is 0 Å². The van der Waals surface area contributed by atoms with Gasteiger partial charge in [-0.15, -0.1) is 0 Å². The molecule has 10 nitrogen and oxygen atoms in total. The average Bonchev–Trinajstić information content (AvgIpc) is 2.67. The second-order valence-corrected chi connectivity index (χ2v) is 3.68. The molecule has 3 aliphatic rings. The lowest BCUT2D eigenvalue weighted by Crippen LogP contribution is -2.43. The van der Waals surface area contributed by atoms with Gasteiger partial charge in [0.05, 0.1) is 12.1 Å². The van der Waals surface area contributed by atoms with E-state index in [-0.39, 0.29) is 33.0 Å². The molecule has 2 fully saturated rings. The van der Waals surface area contributed by atoms with Crippen LogP contribution in [0.1, 0.15) is 6.42 Å². The number of nitrogens with zero attached hydrogens (tertiary/aromatic N) is 4. The zero-order valence-electron chi connectivity index (χ0n) is 7.75. The van der Waals surface area contributed by atoms with Gasteiger partial charge in [0, 0.05) is 11.7 Å². The van der Waals surface area contributed by atoms with Crippen molar-refractivity contribution >= 4 is 0 Å². The van der Waals surface area contributed by atoms with Gasteiger partial charge in [-0.2, -0.15) is 0 Å². The van der Waals surface area contributed by atoms with Crippen LogP contribution in [0.2, 0.25) is 0 Å². The minimum absolute atomic E-state index is 0.000972. The van der Waals surface area contributed by atoms with Gasteiger partial charge in [0.2, 0.25) is 0 Å². The van der Waals surface area contributed by atoms with Gasteiger partial charge in [-0.3, -0.25) is 0 Å². The smallest absolute Gasteiger partial charge is 0.0670 e. The van der Waals surface area contributed by atoms with Crippen LogP contribution in [0.15, 0.2) is 11.8 Å². The van der Waals surface area contributed by atoms with E-state index in [2.05, 4.69) is 9.88 Å². The number of rotatable bonds is 0. The highest BCUT2D eigenvalue weighted by molar-refractivity contribution is 5.22. The molecule has 0 radical (unpaired) electrons. The highest BCUT2D eigenvalue weighted by atomic mass is 17.1. The average molecular weight is 230 g/mol. The Kier molecular flexibility index (Phi) is 2.16. The summed E-state index contributed by atoms with van der Waals surface area (Å²) in [6.07, 6.45) is 1.22. The summed E-state index contributed by atoms with van der Waals surface area (Å²) in [5, 5.41) is 45.0. The minimum Gasteiger partial charge on any atom is -0.760 e. The van der Waals surface area contributed by atoms with Crippen LogP contribution in [0.25, 0.3) is 0 Å². The number of hydrogen-bond donors (Lipinski definition) is 0. The highest BCUT2D eigenvalue weighted by Gasteiger charge is 2.42. The third-order valence-corrected chi connectivity index (χ3v) is 2.84. The Labute approximate surface area is 88.9 Å². The summed E-state index contributed by atoms with van der Waals surface area (Å²) in [5.74, 6) is 0. The first kappa shape index (κ1) is 10.3. The summed E-state index contributed by atoms with van der Waals surface area (Å²) in [6, 6.07) is -2.57. The third kappa shape index (κ3) is 1.27. The van der Waals surface area contributed by atoms with Gasteiger partial charge >= 0.3 is 0 Å². The van der Waals surface area contributed by atoms with Crippen LogP contribution in [-0.4, -0.2) is 39.0 Å². The molecule has 2 aliphatic heterocycles.